The normalized spacial score (nSPS) is 19.8. The molecule has 0 saturated heterocycles. The third-order valence-electron chi connectivity index (χ3n) is 5.71. The highest BCUT2D eigenvalue weighted by Crippen LogP contribution is 2.33. The second kappa shape index (κ2) is 8.90. The molecule has 2 aromatic carbocycles. The summed E-state index contributed by atoms with van der Waals surface area (Å²) in [5.41, 5.74) is 3.26. The lowest BCUT2D eigenvalue weighted by Crippen LogP contribution is -2.25. The number of nitrogens with zero attached hydrogens (tertiary/aromatic N) is 3. The summed E-state index contributed by atoms with van der Waals surface area (Å²) in [5, 5.41) is 9.62. The minimum Gasteiger partial charge on any atom is -0.482 e. The maximum atomic E-state index is 14.3. The Balaban J connectivity index is 1.64. The van der Waals surface area contributed by atoms with Gasteiger partial charge in [-0.2, -0.15) is 5.10 Å². The van der Waals surface area contributed by atoms with Gasteiger partial charge < -0.3 is 10.1 Å². The van der Waals surface area contributed by atoms with Gasteiger partial charge in [0.1, 0.15) is 17.3 Å². The fraction of sp³-hybridized carbons (Fsp3) is 0.292. The zero-order valence-electron chi connectivity index (χ0n) is 18.0. The second-order valence-corrected chi connectivity index (χ2v) is 9.17. The highest BCUT2D eigenvalue weighted by molar-refractivity contribution is 7.07. The van der Waals surface area contributed by atoms with Gasteiger partial charge in [0.25, 0.3) is 5.91 Å². The number of amides is 1. The molecule has 0 spiro atoms. The number of halogens is 2. The van der Waals surface area contributed by atoms with Crippen LogP contribution in [0.3, 0.4) is 0 Å². The number of benzene rings is 2. The molecule has 2 heterocycles. The van der Waals surface area contributed by atoms with Crippen molar-refractivity contribution in [3.63, 3.8) is 0 Å². The van der Waals surface area contributed by atoms with Crippen molar-refractivity contribution in [2.24, 2.45) is 16.0 Å². The first-order valence-electron chi connectivity index (χ1n) is 10.8. The number of anilines is 1. The van der Waals surface area contributed by atoms with Crippen LogP contribution in [0.25, 0.3) is 11.3 Å². The Morgan fingerprint density at radius 3 is 2.91 bits per heavy atom. The number of fused-ring (bicyclic) bond motifs is 1. The molecule has 1 aliphatic heterocycles. The van der Waals surface area contributed by atoms with E-state index in [0.29, 0.717) is 22.2 Å². The zero-order valence-corrected chi connectivity index (χ0v) is 18.8. The van der Waals surface area contributed by atoms with Gasteiger partial charge in [0.2, 0.25) is 4.80 Å². The first kappa shape index (κ1) is 21.5. The van der Waals surface area contributed by atoms with E-state index in [4.69, 9.17) is 9.84 Å². The van der Waals surface area contributed by atoms with Gasteiger partial charge in [-0.3, -0.25) is 4.79 Å². The predicted molar refractivity (Wildman–Crippen MR) is 124 cm³/mol. The molecule has 3 aromatic rings. The highest BCUT2D eigenvalue weighted by Gasteiger charge is 2.19. The number of hydrogen-bond donors (Lipinski definition) is 1. The van der Waals surface area contributed by atoms with E-state index in [1.165, 1.54) is 29.9 Å². The summed E-state index contributed by atoms with van der Waals surface area (Å²) in [6, 6.07) is 8.84. The Morgan fingerprint density at radius 1 is 1.21 bits per heavy atom. The fourth-order valence-corrected chi connectivity index (χ4v) is 4.93. The third kappa shape index (κ3) is 4.59. The number of nitrogens with one attached hydrogen (secondary N) is 1. The number of thiazole rings is 1. The molecule has 0 bridgehead atoms. The largest absolute Gasteiger partial charge is 0.482 e. The van der Waals surface area contributed by atoms with Crippen LogP contribution in [0.5, 0.6) is 5.75 Å². The van der Waals surface area contributed by atoms with Crippen molar-refractivity contribution in [3.8, 4) is 17.0 Å². The summed E-state index contributed by atoms with van der Waals surface area (Å²) in [6.07, 6.45) is 4.02. The van der Waals surface area contributed by atoms with Crippen molar-refractivity contribution in [1.29, 1.82) is 0 Å². The monoisotopic (exact) mass is 468 g/mol. The van der Waals surface area contributed by atoms with Crippen LogP contribution in [-0.2, 0) is 4.79 Å². The number of carbonyl (C=O) groups is 1. The molecule has 170 valence electrons. The molecule has 2 aliphatic rings. The molecule has 1 atom stereocenters. The van der Waals surface area contributed by atoms with Gasteiger partial charge in [-0.25, -0.2) is 18.4 Å². The molecule has 5 rings (SSSR count). The molecule has 0 radical (unpaired) electrons. The first-order chi connectivity index (χ1) is 16.0. The van der Waals surface area contributed by atoms with Gasteiger partial charge in [-0.15, -0.1) is 11.3 Å². The summed E-state index contributed by atoms with van der Waals surface area (Å²) >= 11 is 1.32. The van der Waals surface area contributed by atoms with Crippen molar-refractivity contribution in [1.82, 2.24) is 4.68 Å². The van der Waals surface area contributed by atoms with E-state index in [9.17, 15) is 13.6 Å². The van der Waals surface area contributed by atoms with Crippen molar-refractivity contribution in [2.45, 2.75) is 32.6 Å². The average molecular weight is 469 g/mol. The molecule has 1 N–H and O–H groups in total. The van der Waals surface area contributed by atoms with Crippen LogP contribution >= 0.6 is 11.3 Å². The van der Waals surface area contributed by atoms with Crippen molar-refractivity contribution in [3.05, 3.63) is 58.2 Å². The standard InChI is InChI=1S/C24H22F2N4O2S/c1-14-3-2-4-17(9-14)29-30-21(15-5-8-22-20(10-15)27-23(31)12-32-22)13-33-24(30)28-19-7-6-16(25)11-18(19)26/h5-8,10-11,13-14H,2-4,9,12H2,1H3,(H,27,31). The summed E-state index contributed by atoms with van der Waals surface area (Å²) in [6.45, 7) is 2.20. The van der Waals surface area contributed by atoms with Crippen LogP contribution in [-0.4, -0.2) is 22.9 Å². The summed E-state index contributed by atoms with van der Waals surface area (Å²) in [4.78, 5) is 16.7. The van der Waals surface area contributed by atoms with E-state index in [1.54, 1.807) is 10.7 Å². The molecule has 1 fully saturated rings. The highest BCUT2D eigenvalue weighted by atomic mass is 32.1. The molecular weight excluding hydrogens is 446 g/mol. The Morgan fingerprint density at radius 2 is 2.09 bits per heavy atom. The number of rotatable bonds is 3. The summed E-state index contributed by atoms with van der Waals surface area (Å²) in [5.74, 6) is -0.445. The summed E-state index contributed by atoms with van der Waals surface area (Å²) < 4.78 is 34.8. The first-order valence-corrected chi connectivity index (χ1v) is 11.7. The van der Waals surface area contributed by atoms with Crippen LogP contribution < -0.4 is 14.9 Å². The molecule has 33 heavy (non-hydrogen) atoms. The van der Waals surface area contributed by atoms with Crippen LogP contribution in [0.1, 0.15) is 32.6 Å². The van der Waals surface area contributed by atoms with Crippen LogP contribution in [0.4, 0.5) is 20.2 Å². The van der Waals surface area contributed by atoms with Gasteiger partial charge >= 0.3 is 0 Å². The fourth-order valence-electron chi connectivity index (χ4n) is 4.08. The van der Waals surface area contributed by atoms with Gasteiger partial charge in [0.05, 0.1) is 11.4 Å². The van der Waals surface area contributed by atoms with Crippen molar-refractivity contribution >= 4 is 34.3 Å². The number of carbonyl (C=O) groups excluding carboxylic acids is 1. The summed E-state index contributed by atoms with van der Waals surface area (Å²) in [7, 11) is 0. The lowest BCUT2D eigenvalue weighted by atomic mass is 9.89. The molecule has 9 heteroatoms. The average Bonchev–Trinajstić information content (AvgIpc) is 3.17. The minimum absolute atomic E-state index is 0.0110. The van der Waals surface area contributed by atoms with E-state index < -0.39 is 11.6 Å². The molecule has 1 aliphatic carbocycles. The molecular formula is C24H22F2N4O2S. The molecule has 1 unspecified atom stereocenters. The van der Waals surface area contributed by atoms with Crippen molar-refractivity contribution < 1.29 is 18.3 Å². The lowest BCUT2D eigenvalue weighted by molar-refractivity contribution is -0.118. The third-order valence-corrected chi connectivity index (χ3v) is 6.52. The smallest absolute Gasteiger partial charge is 0.262 e. The van der Waals surface area contributed by atoms with Crippen LogP contribution in [0.15, 0.2) is 51.9 Å². The quantitative estimate of drug-likeness (QED) is 0.554. The van der Waals surface area contributed by atoms with Gasteiger partial charge in [0, 0.05) is 22.7 Å². The molecule has 1 amide bonds. The minimum atomic E-state index is -0.732. The van der Waals surface area contributed by atoms with E-state index in [-0.39, 0.29) is 18.2 Å². The van der Waals surface area contributed by atoms with Gasteiger partial charge in [-0.05, 0) is 61.9 Å². The molecule has 6 nitrogen and oxygen atoms in total. The van der Waals surface area contributed by atoms with E-state index >= 15 is 0 Å². The topological polar surface area (TPSA) is 68.0 Å². The van der Waals surface area contributed by atoms with E-state index in [2.05, 4.69) is 17.2 Å². The van der Waals surface area contributed by atoms with Gasteiger partial charge in [-0.1, -0.05) is 6.92 Å². The SMILES string of the molecule is CC1CCCC(=Nn2c(-c3ccc4c(c3)NC(=O)CO4)csc2=Nc2ccc(F)cc2F)C1. The Hall–Kier alpha value is -3.33. The lowest BCUT2D eigenvalue weighted by Gasteiger charge is -2.20. The zero-order chi connectivity index (χ0) is 22.9. The van der Waals surface area contributed by atoms with Gasteiger partial charge in [0.15, 0.2) is 12.4 Å². The number of ether oxygens (including phenoxy) is 1. The Kier molecular flexibility index (Phi) is 5.80. The maximum absolute atomic E-state index is 14.3. The van der Waals surface area contributed by atoms with E-state index in [1.807, 2.05) is 17.5 Å². The Bertz CT molecular complexity index is 1330. The molecule has 1 saturated carbocycles. The Labute approximate surface area is 193 Å². The number of aromatic nitrogens is 1. The number of hydrogen-bond acceptors (Lipinski definition) is 5. The van der Waals surface area contributed by atoms with Crippen LogP contribution in [0, 0.1) is 17.6 Å². The molecule has 1 aromatic heterocycles. The maximum Gasteiger partial charge on any atom is 0.262 e. The van der Waals surface area contributed by atoms with Crippen LogP contribution in [0.2, 0.25) is 0 Å². The predicted octanol–water partition coefficient (Wildman–Crippen LogP) is 5.47. The van der Waals surface area contributed by atoms with Crippen molar-refractivity contribution in [2.75, 3.05) is 11.9 Å². The van der Waals surface area contributed by atoms with E-state index in [0.717, 1.165) is 42.3 Å². The second-order valence-electron chi connectivity index (χ2n) is 8.34.